The number of rotatable bonds is 11. The molecule has 14 heteroatoms. The summed E-state index contributed by atoms with van der Waals surface area (Å²) < 4.78 is 8.93. The Bertz CT molecular complexity index is 2360. The number of ether oxygens (including phenoxy) is 1. The van der Waals surface area contributed by atoms with E-state index in [1.54, 1.807) is 31.0 Å². The van der Waals surface area contributed by atoms with Crippen molar-refractivity contribution in [3.8, 4) is 22.8 Å². The summed E-state index contributed by atoms with van der Waals surface area (Å²) >= 11 is 12.9. The van der Waals surface area contributed by atoms with Crippen LogP contribution in [0.15, 0.2) is 61.4 Å². The molecule has 0 spiro atoms. The fourth-order valence-electron chi connectivity index (χ4n) is 6.88. The molecule has 1 aliphatic heterocycles. The molecule has 56 heavy (non-hydrogen) atoms. The Morgan fingerprint density at radius 1 is 0.821 bits per heavy atom. The summed E-state index contributed by atoms with van der Waals surface area (Å²) in [5, 5.41) is 23.1. The zero-order chi connectivity index (χ0) is 38.4. The lowest BCUT2D eigenvalue weighted by molar-refractivity contribution is -0.0759. The Labute approximate surface area is 339 Å². The van der Waals surface area contributed by atoms with Crippen molar-refractivity contribution in [2.45, 2.75) is 59.4 Å². The summed E-state index contributed by atoms with van der Waals surface area (Å²) in [7, 11) is 5.27. The van der Waals surface area contributed by atoms with E-state index in [4.69, 9.17) is 46.1 Å². The Morgan fingerprint density at radius 2 is 1.36 bits per heavy atom. The van der Waals surface area contributed by atoms with Crippen LogP contribution in [-0.2, 0) is 38.2 Å². The highest BCUT2D eigenvalue weighted by atomic mass is 35.5. The normalized spacial score (nSPS) is 14.3. The van der Waals surface area contributed by atoms with E-state index < -0.39 is 6.29 Å². The number of imidazole rings is 2. The van der Waals surface area contributed by atoms with E-state index in [9.17, 15) is 10.2 Å². The molecule has 12 nitrogen and oxygen atoms in total. The number of pyridine rings is 2. The van der Waals surface area contributed by atoms with Crippen LogP contribution >= 0.6 is 23.2 Å². The molecular weight excluding hydrogens is 749 g/mol. The number of hydrogen-bond donors (Lipinski definition) is 2. The molecule has 1 saturated heterocycles. The number of nitrogens with zero attached hydrogens (tertiary/aromatic N) is 9. The molecule has 2 N–H and O–H groups in total. The molecular formula is C42H49Cl2N9O3. The Kier molecular flexibility index (Phi) is 15.5. The molecule has 5 heterocycles. The summed E-state index contributed by atoms with van der Waals surface area (Å²) in [5.74, 6) is 0. The van der Waals surface area contributed by atoms with Gasteiger partial charge in [0.05, 0.1) is 65.5 Å². The fourth-order valence-corrected chi connectivity index (χ4v) is 7.38. The van der Waals surface area contributed by atoms with Gasteiger partial charge in [-0.1, -0.05) is 38.1 Å². The van der Waals surface area contributed by atoms with Crippen LogP contribution in [0.4, 0.5) is 0 Å². The van der Waals surface area contributed by atoms with Gasteiger partial charge >= 0.3 is 0 Å². The van der Waals surface area contributed by atoms with Gasteiger partial charge in [-0.2, -0.15) is 0 Å². The molecule has 294 valence electrons. The molecule has 4 aromatic heterocycles. The second-order valence-corrected chi connectivity index (χ2v) is 14.1. The van der Waals surface area contributed by atoms with Crippen molar-refractivity contribution in [1.82, 2.24) is 34.0 Å². The zero-order valence-electron chi connectivity index (χ0n) is 30.4. The number of aliphatic hydroxyl groups excluding tert-OH is 2. The van der Waals surface area contributed by atoms with Crippen LogP contribution < -0.4 is 0 Å². The van der Waals surface area contributed by atoms with Gasteiger partial charge in [-0.25, -0.2) is 33.1 Å². The fraction of sp³-hybridized carbons (Fsp3) is 0.381. The molecule has 1 aliphatic rings. The smallest absolute Gasteiger partial charge is 0.218 e. The van der Waals surface area contributed by atoms with Gasteiger partial charge in [0.1, 0.15) is 0 Å². The van der Waals surface area contributed by atoms with Crippen molar-refractivity contribution in [3.05, 3.63) is 117 Å². The highest BCUT2D eigenvalue weighted by Gasteiger charge is 2.25. The molecule has 7 rings (SSSR count). The topological polar surface area (TPSA) is 123 Å². The van der Waals surface area contributed by atoms with Gasteiger partial charge < -0.3 is 33.8 Å². The van der Waals surface area contributed by atoms with E-state index in [0.29, 0.717) is 52.8 Å². The average Bonchev–Trinajstić information content (AvgIpc) is 3.93. The average molecular weight is 799 g/mol. The quantitative estimate of drug-likeness (QED) is 0.0991. The summed E-state index contributed by atoms with van der Waals surface area (Å²) in [6.45, 7) is 16.7. The van der Waals surface area contributed by atoms with Crippen molar-refractivity contribution in [3.63, 3.8) is 0 Å². The van der Waals surface area contributed by atoms with Crippen molar-refractivity contribution in [2.24, 2.45) is 14.1 Å². The summed E-state index contributed by atoms with van der Waals surface area (Å²) in [5.41, 5.74) is 8.38. The minimum Gasteiger partial charge on any atom is -0.395 e. The van der Waals surface area contributed by atoms with Crippen LogP contribution in [-0.4, -0.2) is 83.6 Å². The van der Waals surface area contributed by atoms with Crippen molar-refractivity contribution in [1.29, 1.82) is 0 Å². The monoisotopic (exact) mass is 797 g/mol. The largest absolute Gasteiger partial charge is 0.395 e. The number of halogens is 2. The number of aromatic nitrogens is 6. The number of methoxy groups -OCH3 is 1. The molecule has 0 bridgehead atoms. The first-order valence-corrected chi connectivity index (χ1v) is 18.3. The van der Waals surface area contributed by atoms with Gasteiger partial charge in [0.25, 0.3) is 0 Å². The van der Waals surface area contributed by atoms with Gasteiger partial charge in [0.2, 0.25) is 13.1 Å². The molecule has 0 saturated carbocycles. The van der Waals surface area contributed by atoms with E-state index in [-0.39, 0.29) is 27.5 Å². The predicted octanol–water partition coefficient (Wildman–Crippen LogP) is 8.37. The molecule has 1 fully saturated rings. The van der Waals surface area contributed by atoms with Crippen molar-refractivity contribution in [2.75, 3.05) is 33.4 Å². The first kappa shape index (κ1) is 43.8. The van der Waals surface area contributed by atoms with Gasteiger partial charge in [0, 0.05) is 73.0 Å². The van der Waals surface area contributed by atoms with Crippen LogP contribution in [0, 0.1) is 13.1 Å². The molecule has 0 aliphatic carbocycles. The predicted molar refractivity (Wildman–Crippen MR) is 224 cm³/mol. The van der Waals surface area contributed by atoms with Crippen LogP contribution in [0.3, 0.4) is 0 Å². The lowest BCUT2D eigenvalue weighted by Crippen LogP contribution is -2.31. The summed E-state index contributed by atoms with van der Waals surface area (Å²) in [4.78, 5) is 27.1. The van der Waals surface area contributed by atoms with E-state index in [1.165, 1.54) is 7.11 Å². The highest BCUT2D eigenvalue weighted by molar-refractivity contribution is 6.32. The molecule has 0 amide bonds. The second kappa shape index (κ2) is 19.8. The third kappa shape index (κ3) is 9.54. The molecule has 2 atom stereocenters. The Morgan fingerprint density at radius 3 is 1.86 bits per heavy atom. The zero-order valence-corrected chi connectivity index (χ0v) is 31.9. The second-order valence-electron chi connectivity index (χ2n) is 13.3. The van der Waals surface area contributed by atoms with Crippen molar-refractivity contribution >= 4 is 45.0 Å². The number of aryl methyl sites for hydroxylation is 2. The third-order valence-electron chi connectivity index (χ3n) is 9.79. The van der Waals surface area contributed by atoms with Gasteiger partial charge in [-0.05, 0) is 72.5 Å². The van der Waals surface area contributed by atoms with E-state index >= 15 is 0 Å². The third-order valence-corrected chi connectivity index (χ3v) is 10.5. The van der Waals surface area contributed by atoms with Crippen LogP contribution in [0.1, 0.15) is 56.2 Å². The molecule has 1 unspecified atom stereocenters. The maximum absolute atomic E-state index is 10.3. The minimum atomic E-state index is -1.09. The van der Waals surface area contributed by atoms with E-state index in [2.05, 4.69) is 41.7 Å². The standard InChI is InChI=1S/C22H24ClN5O.C18H17ClN4O2.2CH4/c1-24-6-5-15-8-18-16(12-28-7-3-4-17(28)13-29)9-21(22-11-25-14-27(22)2)26-20(18)10-19(15)23;1-20-5-4-11-6-12-13(18(24)25-3)7-16(17-9-21-10-23(17)2)22-15(12)8-14(11)19;;/h8-11,14,17,29H,3-7,12-13H2,2H3;6-10,18,24H,4-5H2,2-3H3;2*1H4/t17-;;;/m1.../s1. The number of fused-ring (bicyclic) bond motifs is 2. The molecule has 0 radical (unpaired) electrons. The highest BCUT2D eigenvalue weighted by Crippen LogP contribution is 2.34. The first-order valence-electron chi connectivity index (χ1n) is 17.6. The number of benzene rings is 2. The molecule has 6 aromatic rings. The van der Waals surface area contributed by atoms with E-state index in [1.807, 2.05) is 41.6 Å². The van der Waals surface area contributed by atoms with Crippen LogP contribution in [0.25, 0.3) is 54.3 Å². The van der Waals surface area contributed by atoms with Crippen LogP contribution in [0.2, 0.25) is 10.0 Å². The van der Waals surface area contributed by atoms with Gasteiger partial charge in [-0.3, -0.25) is 4.90 Å². The Hall–Kier alpha value is -4.92. The SMILES string of the molecule is C.C.[C-]#[N+]CCc1cc2c(C(O)OC)cc(-c3cncn3C)nc2cc1Cl.[C-]#[N+]CCc1cc2c(CN3CCC[C@@H]3CO)cc(-c3cncn3C)nc2cc1Cl. The minimum absolute atomic E-state index is 0. The van der Waals surface area contributed by atoms with E-state index in [0.717, 1.165) is 76.0 Å². The maximum atomic E-state index is 10.3. The maximum Gasteiger partial charge on any atom is 0.218 e. The lowest BCUT2D eigenvalue weighted by Gasteiger charge is -2.24. The first-order chi connectivity index (χ1) is 26.1. The number of likely N-dealkylation sites (tertiary alicyclic amines) is 1. The number of hydrogen-bond acceptors (Lipinski definition) is 8. The summed E-state index contributed by atoms with van der Waals surface area (Å²) in [6.07, 6.45) is 9.19. The lowest BCUT2D eigenvalue weighted by atomic mass is 10.0. The van der Waals surface area contributed by atoms with Crippen LogP contribution in [0.5, 0.6) is 0 Å². The molecule has 2 aromatic carbocycles. The summed E-state index contributed by atoms with van der Waals surface area (Å²) in [6, 6.07) is 11.8. The van der Waals surface area contributed by atoms with Crippen molar-refractivity contribution < 1.29 is 14.9 Å². The number of aliphatic hydroxyl groups is 2. The van der Waals surface area contributed by atoms with Gasteiger partial charge in [-0.15, -0.1) is 0 Å². The Balaban J connectivity index is 0.000000243. The van der Waals surface area contributed by atoms with Gasteiger partial charge in [0.15, 0.2) is 6.29 Å².